The van der Waals surface area contributed by atoms with E-state index in [2.05, 4.69) is 63.2 Å². The van der Waals surface area contributed by atoms with Gasteiger partial charge in [0.25, 0.3) is 0 Å². The molecule has 0 amide bonds. The summed E-state index contributed by atoms with van der Waals surface area (Å²) in [6.45, 7) is 6.31. The van der Waals surface area contributed by atoms with Gasteiger partial charge in [-0.05, 0) is 70.4 Å². The molecule has 4 heteroatoms. The largest absolute Gasteiger partial charge is 0.456 e. The van der Waals surface area contributed by atoms with E-state index in [1.807, 2.05) is 30.3 Å². The number of halogens is 2. The van der Waals surface area contributed by atoms with Crippen LogP contribution in [0.15, 0.2) is 51.4 Å². The number of hydrogen-bond acceptors (Lipinski definition) is 2. The second kappa shape index (κ2) is 7.97. The van der Waals surface area contributed by atoms with Crippen LogP contribution < -0.4 is 10.1 Å². The first-order chi connectivity index (χ1) is 10.0. The number of nitrogens with one attached hydrogen (secondary N) is 1. The molecule has 2 nitrogen and oxygen atoms in total. The van der Waals surface area contributed by atoms with Gasteiger partial charge in [0.05, 0.1) is 4.47 Å². The zero-order valence-corrected chi connectivity index (χ0v) is 15.4. The van der Waals surface area contributed by atoms with Gasteiger partial charge in [-0.25, -0.2) is 0 Å². The Morgan fingerprint density at radius 2 is 1.76 bits per heavy atom. The molecule has 2 aromatic carbocycles. The maximum atomic E-state index is 5.87. The molecule has 0 radical (unpaired) electrons. The molecule has 0 bridgehead atoms. The Labute approximate surface area is 143 Å². The predicted molar refractivity (Wildman–Crippen MR) is 94.9 cm³/mol. The fourth-order valence-corrected chi connectivity index (χ4v) is 2.64. The molecule has 0 aromatic heterocycles. The summed E-state index contributed by atoms with van der Waals surface area (Å²) >= 11 is 7.00. The van der Waals surface area contributed by atoms with Gasteiger partial charge in [0.1, 0.15) is 11.5 Å². The van der Waals surface area contributed by atoms with Gasteiger partial charge in [-0.3, -0.25) is 0 Å². The van der Waals surface area contributed by atoms with E-state index in [1.54, 1.807) is 0 Å². The molecule has 0 saturated carbocycles. The van der Waals surface area contributed by atoms with Gasteiger partial charge in [-0.2, -0.15) is 0 Å². The van der Waals surface area contributed by atoms with Gasteiger partial charge < -0.3 is 10.1 Å². The summed E-state index contributed by atoms with van der Waals surface area (Å²) in [6.07, 6.45) is 0. The standard InChI is InChI=1S/C17H19Br2NO/c1-12(2)10-20-11-13-3-8-17(16(19)9-13)21-15-6-4-14(18)5-7-15/h3-9,12,20H,10-11H2,1-2H3. The van der Waals surface area contributed by atoms with Crippen molar-refractivity contribution in [2.45, 2.75) is 20.4 Å². The molecule has 1 N–H and O–H groups in total. The van der Waals surface area contributed by atoms with Crippen molar-refractivity contribution in [2.75, 3.05) is 6.54 Å². The van der Waals surface area contributed by atoms with Crippen LogP contribution in [-0.4, -0.2) is 6.54 Å². The highest BCUT2D eigenvalue weighted by atomic mass is 79.9. The Bertz CT molecular complexity index is 582. The van der Waals surface area contributed by atoms with Crippen molar-refractivity contribution in [3.05, 3.63) is 57.0 Å². The highest BCUT2D eigenvalue weighted by Crippen LogP contribution is 2.31. The smallest absolute Gasteiger partial charge is 0.141 e. The zero-order chi connectivity index (χ0) is 15.2. The molecule has 0 fully saturated rings. The Morgan fingerprint density at radius 1 is 1.05 bits per heavy atom. The van der Waals surface area contributed by atoms with Gasteiger partial charge in [0, 0.05) is 11.0 Å². The summed E-state index contributed by atoms with van der Waals surface area (Å²) in [5.41, 5.74) is 1.24. The van der Waals surface area contributed by atoms with Crippen LogP contribution in [0.5, 0.6) is 11.5 Å². The first-order valence-electron chi connectivity index (χ1n) is 6.97. The van der Waals surface area contributed by atoms with E-state index >= 15 is 0 Å². The lowest BCUT2D eigenvalue weighted by molar-refractivity contribution is 0.479. The van der Waals surface area contributed by atoms with E-state index in [-0.39, 0.29) is 0 Å². The van der Waals surface area contributed by atoms with Crippen LogP contribution in [0.4, 0.5) is 0 Å². The summed E-state index contributed by atoms with van der Waals surface area (Å²) in [4.78, 5) is 0. The Kier molecular flexibility index (Phi) is 6.27. The third kappa shape index (κ3) is 5.46. The molecule has 2 aromatic rings. The first-order valence-corrected chi connectivity index (χ1v) is 8.56. The molecule has 0 aliphatic rings. The fourth-order valence-electron chi connectivity index (χ4n) is 1.87. The van der Waals surface area contributed by atoms with Crippen molar-refractivity contribution in [2.24, 2.45) is 5.92 Å². The van der Waals surface area contributed by atoms with Crippen LogP contribution in [0.2, 0.25) is 0 Å². The first kappa shape index (κ1) is 16.5. The number of ether oxygens (including phenoxy) is 1. The molecule has 0 spiro atoms. The SMILES string of the molecule is CC(C)CNCc1ccc(Oc2ccc(Br)cc2)c(Br)c1. The van der Waals surface area contributed by atoms with Gasteiger partial charge in [-0.15, -0.1) is 0 Å². The number of benzene rings is 2. The quantitative estimate of drug-likeness (QED) is 0.652. The second-order valence-electron chi connectivity index (χ2n) is 5.35. The lowest BCUT2D eigenvalue weighted by atomic mass is 10.2. The van der Waals surface area contributed by atoms with Gasteiger partial charge >= 0.3 is 0 Å². The topological polar surface area (TPSA) is 21.3 Å². The Balaban J connectivity index is 2.00. The van der Waals surface area contributed by atoms with E-state index in [0.29, 0.717) is 5.92 Å². The summed E-state index contributed by atoms with van der Waals surface area (Å²) in [5.74, 6) is 2.31. The van der Waals surface area contributed by atoms with Crippen molar-refractivity contribution in [3.8, 4) is 11.5 Å². The molecule has 0 saturated heterocycles. The molecule has 0 aliphatic carbocycles. The lowest BCUT2D eigenvalue weighted by Gasteiger charge is -2.11. The minimum absolute atomic E-state index is 0.661. The van der Waals surface area contributed by atoms with E-state index in [1.165, 1.54) is 5.56 Å². The predicted octanol–water partition coefficient (Wildman–Crippen LogP) is 5.75. The van der Waals surface area contributed by atoms with Crippen LogP contribution in [0.3, 0.4) is 0 Å². The number of hydrogen-bond donors (Lipinski definition) is 1. The van der Waals surface area contributed by atoms with E-state index in [9.17, 15) is 0 Å². The van der Waals surface area contributed by atoms with E-state index in [0.717, 1.165) is 33.5 Å². The molecule has 0 heterocycles. The van der Waals surface area contributed by atoms with Crippen LogP contribution in [0.25, 0.3) is 0 Å². The highest BCUT2D eigenvalue weighted by Gasteiger charge is 2.05. The fraction of sp³-hybridized carbons (Fsp3) is 0.294. The minimum Gasteiger partial charge on any atom is -0.456 e. The van der Waals surface area contributed by atoms with Gasteiger partial charge in [0.15, 0.2) is 0 Å². The lowest BCUT2D eigenvalue weighted by Crippen LogP contribution is -2.18. The van der Waals surface area contributed by atoms with Crippen LogP contribution in [0.1, 0.15) is 19.4 Å². The normalized spacial score (nSPS) is 10.9. The maximum Gasteiger partial charge on any atom is 0.141 e. The average molecular weight is 413 g/mol. The van der Waals surface area contributed by atoms with Crippen molar-refractivity contribution in [3.63, 3.8) is 0 Å². The van der Waals surface area contributed by atoms with Crippen LogP contribution in [-0.2, 0) is 6.54 Å². The average Bonchev–Trinajstić information content (AvgIpc) is 2.44. The molecule has 112 valence electrons. The molecule has 0 unspecified atom stereocenters. The Hall–Kier alpha value is -0.840. The third-order valence-electron chi connectivity index (χ3n) is 2.92. The van der Waals surface area contributed by atoms with Gasteiger partial charge in [-0.1, -0.05) is 35.8 Å². The summed E-state index contributed by atoms with van der Waals surface area (Å²) in [7, 11) is 0. The highest BCUT2D eigenvalue weighted by molar-refractivity contribution is 9.10. The molecule has 0 atom stereocenters. The van der Waals surface area contributed by atoms with Crippen molar-refractivity contribution < 1.29 is 4.74 Å². The van der Waals surface area contributed by atoms with E-state index in [4.69, 9.17) is 4.74 Å². The van der Waals surface area contributed by atoms with Crippen LogP contribution in [0, 0.1) is 5.92 Å². The van der Waals surface area contributed by atoms with E-state index < -0.39 is 0 Å². The summed E-state index contributed by atoms with van der Waals surface area (Å²) < 4.78 is 7.88. The molecular formula is C17H19Br2NO. The Morgan fingerprint density at radius 3 is 2.38 bits per heavy atom. The number of rotatable bonds is 6. The monoisotopic (exact) mass is 411 g/mol. The van der Waals surface area contributed by atoms with Crippen molar-refractivity contribution in [1.29, 1.82) is 0 Å². The third-order valence-corrected chi connectivity index (χ3v) is 4.07. The second-order valence-corrected chi connectivity index (χ2v) is 7.12. The molecule has 21 heavy (non-hydrogen) atoms. The van der Waals surface area contributed by atoms with Gasteiger partial charge in [0.2, 0.25) is 0 Å². The summed E-state index contributed by atoms with van der Waals surface area (Å²) in [6, 6.07) is 14.0. The molecular weight excluding hydrogens is 394 g/mol. The molecule has 2 rings (SSSR count). The minimum atomic E-state index is 0.661. The van der Waals surface area contributed by atoms with Crippen molar-refractivity contribution >= 4 is 31.9 Å². The maximum absolute atomic E-state index is 5.87. The van der Waals surface area contributed by atoms with Crippen LogP contribution >= 0.6 is 31.9 Å². The molecule has 0 aliphatic heterocycles. The zero-order valence-electron chi connectivity index (χ0n) is 12.2. The summed E-state index contributed by atoms with van der Waals surface area (Å²) in [5, 5.41) is 3.44. The van der Waals surface area contributed by atoms with Crippen molar-refractivity contribution in [1.82, 2.24) is 5.32 Å².